The zero-order valence-electron chi connectivity index (χ0n) is 6.41. The molecule has 1 heterocycles. The van der Waals surface area contributed by atoms with E-state index in [0.29, 0.717) is 0 Å². The Kier molecular flexibility index (Phi) is 5.39. The van der Waals surface area contributed by atoms with E-state index in [4.69, 9.17) is 4.55 Å². The second kappa shape index (κ2) is 5.48. The van der Waals surface area contributed by atoms with Crippen LogP contribution in [0.25, 0.3) is 0 Å². The van der Waals surface area contributed by atoms with Crippen molar-refractivity contribution in [3.8, 4) is 0 Å². The van der Waals surface area contributed by atoms with Gasteiger partial charge in [0, 0.05) is 0 Å². The van der Waals surface area contributed by atoms with Crippen LogP contribution in [0.4, 0.5) is 0 Å². The molecule has 0 bridgehead atoms. The highest BCUT2D eigenvalue weighted by molar-refractivity contribution is 7.80. The Balaban J connectivity index is 0.000000183. The van der Waals surface area contributed by atoms with Crippen molar-refractivity contribution in [1.29, 1.82) is 0 Å². The van der Waals surface area contributed by atoms with Gasteiger partial charge in [0.05, 0.1) is 7.11 Å². The van der Waals surface area contributed by atoms with E-state index in [1.807, 2.05) is 0 Å². The number of hydrogen-bond donors (Lipinski definition) is 2. The van der Waals surface area contributed by atoms with Crippen LogP contribution in [0.5, 0.6) is 0 Å². The van der Waals surface area contributed by atoms with Crippen LogP contribution in [0.2, 0.25) is 0 Å². The molecule has 0 spiro atoms. The van der Waals surface area contributed by atoms with Crippen LogP contribution >= 0.6 is 0 Å². The van der Waals surface area contributed by atoms with Gasteiger partial charge in [-0.05, 0) is 25.9 Å². The lowest BCUT2D eigenvalue weighted by atomic mass is 10.4. The molecule has 1 saturated heterocycles. The first-order valence-electron chi connectivity index (χ1n) is 3.30. The van der Waals surface area contributed by atoms with E-state index < -0.39 is 10.4 Å². The molecule has 0 unspecified atom stereocenters. The third-order valence-electron chi connectivity index (χ3n) is 1.17. The molecule has 0 aromatic rings. The molecule has 0 saturated carbocycles. The minimum absolute atomic E-state index is 0.870. The summed E-state index contributed by atoms with van der Waals surface area (Å²) in [5.74, 6) is 0. The van der Waals surface area contributed by atoms with Crippen LogP contribution in [0.1, 0.15) is 12.8 Å². The fraction of sp³-hybridized carbons (Fsp3) is 1.00. The van der Waals surface area contributed by atoms with Gasteiger partial charge in [-0.1, -0.05) is 0 Å². The fourth-order valence-electron chi connectivity index (χ4n) is 0.625. The Bertz CT molecular complexity index is 165. The molecule has 6 heteroatoms. The van der Waals surface area contributed by atoms with Crippen molar-refractivity contribution >= 4 is 10.4 Å². The molecule has 0 radical (unpaired) electrons. The second-order valence-electron chi connectivity index (χ2n) is 2.05. The molecule has 1 aliphatic rings. The Morgan fingerprint density at radius 3 is 1.82 bits per heavy atom. The molecule has 0 aromatic heterocycles. The fourth-order valence-corrected chi connectivity index (χ4v) is 0.625. The molecular formula is C5H13NO4S. The molecule has 11 heavy (non-hydrogen) atoms. The van der Waals surface area contributed by atoms with E-state index in [0.717, 1.165) is 7.11 Å². The van der Waals surface area contributed by atoms with Gasteiger partial charge in [0.1, 0.15) is 0 Å². The van der Waals surface area contributed by atoms with Crippen LogP contribution in [0.3, 0.4) is 0 Å². The maximum Gasteiger partial charge on any atom is 0.397 e. The molecule has 68 valence electrons. The van der Waals surface area contributed by atoms with Crippen molar-refractivity contribution in [2.24, 2.45) is 0 Å². The maximum absolute atomic E-state index is 9.33. The zero-order valence-corrected chi connectivity index (χ0v) is 7.23. The Hall–Kier alpha value is -0.170. The van der Waals surface area contributed by atoms with Crippen LogP contribution in [0, 0.1) is 0 Å². The SMILES string of the molecule is C1CCNC1.COS(=O)(=O)O. The molecule has 0 aromatic carbocycles. The first-order chi connectivity index (χ1) is 5.06. The highest BCUT2D eigenvalue weighted by Crippen LogP contribution is 1.90. The van der Waals surface area contributed by atoms with E-state index in [1.54, 1.807) is 0 Å². The summed E-state index contributed by atoms with van der Waals surface area (Å²) in [4.78, 5) is 0. The van der Waals surface area contributed by atoms with Gasteiger partial charge in [0.15, 0.2) is 0 Å². The predicted octanol–water partition coefficient (Wildman–Crippen LogP) is -0.195. The van der Waals surface area contributed by atoms with E-state index >= 15 is 0 Å². The highest BCUT2D eigenvalue weighted by Gasteiger charge is 1.94. The summed E-state index contributed by atoms with van der Waals surface area (Å²) in [6, 6.07) is 0. The van der Waals surface area contributed by atoms with Gasteiger partial charge < -0.3 is 5.32 Å². The summed E-state index contributed by atoms with van der Waals surface area (Å²) >= 11 is 0. The lowest BCUT2D eigenvalue weighted by Gasteiger charge is -1.82. The molecule has 0 aliphatic carbocycles. The lowest BCUT2D eigenvalue weighted by molar-refractivity contribution is 0.324. The van der Waals surface area contributed by atoms with Crippen LogP contribution in [-0.4, -0.2) is 33.2 Å². The smallest absolute Gasteiger partial charge is 0.317 e. The van der Waals surface area contributed by atoms with Gasteiger partial charge in [-0.25, -0.2) is 0 Å². The summed E-state index contributed by atoms with van der Waals surface area (Å²) < 4.78 is 29.7. The van der Waals surface area contributed by atoms with E-state index in [1.165, 1.54) is 25.9 Å². The number of rotatable bonds is 1. The van der Waals surface area contributed by atoms with Gasteiger partial charge in [0.25, 0.3) is 0 Å². The quantitative estimate of drug-likeness (QED) is 0.551. The molecule has 5 nitrogen and oxygen atoms in total. The Morgan fingerprint density at radius 1 is 1.36 bits per heavy atom. The summed E-state index contributed by atoms with van der Waals surface area (Å²) in [5.41, 5.74) is 0. The van der Waals surface area contributed by atoms with Crippen molar-refractivity contribution < 1.29 is 17.2 Å². The van der Waals surface area contributed by atoms with Gasteiger partial charge in [-0.2, -0.15) is 8.42 Å². The number of hydrogen-bond acceptors (Lipinski definition) is 4. The minimum Gasteiger partial charge on any atom is -0.317 e. The van der Waals surface area contributed by atoms with Gasteiger partial charge in [0.2, 0.25) is 0 Å². The Morgan fingerprint density at radius 2 is 1.73 bits per heavy atom. The van der Waals surface area contributed by atoms with Crippen LogP contribution < -0.4 is 5.32 Å². The highest BCUT2D eigenvalue weighted by atomic mass is 32.3. The van der Waals surface area contributed by atoms with E-state index in [2.05, 4.69) is 9.50 Å². The number of nitrogens with one attached hydrogen (secondary N) is 1. The zero-order chi connectivity index (χ0) is 8.74. The van der Waals surface area contributed by atoms with Crippen molar-refractivity contribution in [3.05, 3.63) is 0 Å². The van der Waals surface area contributed by atoms with Gasteiger partial charge in [-0.15, -0.1) is 0 Å². The van der Waals surface area contributed by atoms with Crippen LogP contribution in [-0.2, 0) is 14.6 Å². The first-order valence-corrected chi connectivity index (χ1v) is 4.66. The van der Waals surface area contributed by atoms with Gasteiger partial charge >= 0.3 is 10.4 Å². The third-order valence-corrected chi connectivity index (χ3v) is 1.59. The normalized spacial score (nSPS) is 17.3. The second-order valence-corrected chi connectivity index (χ2v) is 3.24. The topological polar surface area (TPSA) is 75.6 Å². The largest absolute Gasteiger partial charge is 0.397 e. The Labute approximate surface area is 66.7 Å². The summed E-state index contributed by atoms with van der Waals surface area (Å²) in [5, 5.41) is 3.22. The molecule has 0 amide bonds. The van der Waals surface area contributed by atoms with Gasteiger partial charge in [-0.3, -0.25) is 8.74 Å². The molecule has 1 aliphatic heterocycles. The summed E-state index contributed by atoms with van der Waals surface area (Å²) in [6.07, 6.45) is 2.78. The standard InChI is InChI=1S/C4H9N.CH4O4S/c1-2-4-5-3-1;1-5-6(2,3)4/h5H,1-4H2;1H3,(H,2,3,4). The predicted molar refractivity (Wildman–Crippen MR) is 40.7 cm³/mol. The van der Waals surface area contributed by atoms with Crippen LogP contribution in [0.15, 0.2) is 0 Å². The molecule has 2 N–H and O–H groups in total. The lowest BCUT2D eigenvalue weighted by Crippen LogP contribution is -2.03. The molecule has 1 rings (SSSR count). The van der Waals surface area contributed by atoms with Crippen molar-refractivity contribution in [3.63, 3.8) is 0 Å². The van der Waals surface area contributed by atoms with Crippen molar-refractivity contribution in [2.45, 2.75) is 12.8 Å². The summed E-state index contributed by atoms with van der Waals surface area (Å²) in [7, 11) is -3.29. The molecule has 1 fully saturated rings. The summed E-state index contributed by atoms with van der Waals surface area (Å²) in [6.45, 7) is 2.50. The average molecular weight is 183 g/mol. The van der Waals surface area contributed by atoms with Crippen molar-refractivity contribution in [2.75, 3.05) is 20.2 Å². The van der Waals surface area contributed by atoms with Crippen molar-refractivity contribution in [1.82, 2.24) is 5.32 Å². The first kappa shape index (κ1) is 10.8. The monoisotopic (exact) mass is 183 g/mol. The minimum atomic E-state index is -4.16. The van der Waals surface area contributed by atoms with E-state index in [-0.39, 0.29) is 0 Å². The maximum atomic E-state index is 9.33. The molecular weight excluding hydrogens is 170 g/mol. The third kappa shape index (κ3) is 9.83. The van der Waals surface area contributed by atoms with E-state index in [9.17, 15) is 8.42 Å². The molecule has 0 atom stereocenters. The average Bonchev–Trinajstić information content (AvgIpc) is 2.41.